The lowest BCUT2D eigenvalue weighted by Gasteiger charge is -2.29. The summed E-state index contributed by atoms with van der Waals surface area (Å²) in [6.45, 7) is 8.06. The number of aliphatic hydroxyl groups is 3. The van der Waals surface area contributed by atoms with Crippen molar-refractivity contribution >= 4 is 70.1 Å². The number of para-hydroxylation sites is 1. The number of rotatable bonds is 34. The van der Waals surface area contributed by atoms with Gasteiger partial charge in [0.05, 0.1) is 24.9 Å². The molecule has 3 rings (SSSR count). The van der Waals surface area contributed by atoms with E-state index in [9.17, 15) is 68.4 Å². The van der Waals surface area contributed by atoms with Crippen LogP contribution in [0.2, 0.25) is 0 Å². The summed E-state index contributed by atoms with van der Waals surface area (Å²) >= 11 is 0. The van der Waals surface area contributed by atoms with Gasteiger partial charge in [0.2, 0.25) is 47.3 Å². The van der Waals surface area contributed by atoms with Gasteiger partial charge in [0.15, 0.2) is 0 Å². The van der Waals surface area contributed by atoms with Crippen molar-refractivity contribution in [2.75, 3.05) is 13.2 Å². The molecule has 1 aromatic heterocycles. The van der Waals surface area contributed by atoms with Crippen LogP contribution in [0.15, 0.2) is 60.8 Å². The third-order valence-corrected chi connectivity index (χ3v) is 13.2. The molecule has 0 saturated carbocycles. The van der Waals surface area contributed by atoms with Crippen molar-refractivity contribution in [2.24, 2.45) is 23.3 Å². The van der Waals surface area contributed by atoms with E-state index in [0.717, 1.165) is 6.92 Å². The second-order valence-corrected chi connectivity index (χ2v) is 19.9. The highest BCUT2D eigenvalue weighted by Crippen LogP contribution is 2.20. The third kappa shape index (κ3) is 20.7. The molecule has 18 N–H and O–H groups in total. The number of carbonyl (C=O) groups is 10. The maximum absolute atomic E-state index is 14.5. The van der Waals surface area contributed by atoms with Crippen LogP contribution < -0.4 is 54.0 Å². The number of unbranched alkanes of at least 4 members (excludes halogenated alkanes) is 1. The number of aromatic amines is 1. The average molecular weight is 1110 g/mol. The predicted molar refractivity (Wildman–Crippen MR) is 288 cm³/mol. The molecule has 26 heteroatoms. The van der Waals surface area contributed by atoms with Crippen LogP contribution in [-0.2, 0) is 60.8 Å². The van der Waals surface area contributed by atoms with Crippen LogP contribution in [0.3, 0.4) is 0 Å². The van der Waals surface area contributed by atoms with Crippen molar-refractivity contribution in [2.45, 2.75) is 159 Å². The minimum absolute atomic E-state index is 0.000834. The quantitative estimate of drug-likeness (QED) is 0.0280. The van der Waals surface area contributed by atoms with Gasteiger partial charge in [-0.05, 0) is 75.1 Å². The van der Waals surface area contributed by atoms with E-state index >= 15 is 0 Å². The second-order valence-electron chi connectivity index (χ2n) is 19.9. The topological polar surface area (TPSA) is 436 Å². The van der Waals surface area contributed by atoms with E-state index in [2.05, 4.69) is 47.5 Å². The molecule has 0 radical (unpaired) electrons. The summed E-state index contributed by atoms with van der Waals surface area (Å²) in [5.74, 6) is -11.5. The molecule has 0 unspecified atom stereocenters. The SMILES string of the molecule is CC[C@H](C)[C@H](NC(=O)[C@@H](N)CCC(=O)O)C(=O)N[C@@H](Cc1c[nH]c2ccccc12)C(=O)N[C@H](C(=O)N[C@@H](Cc1ccccc1)C(=O)N[C@@H](CO)C(=O)N[C@H](C(=O)N[C@@H](CCCCN)C(=O)N[C@H](C(=O)O)C(C)C)[C@@H](C)O)[C@@H](C)O. The zero-order valence-corrected chi connectivity index (χ0v) is 45.3. The van der Waals surface area contributed by atoms with E-state index in [0.29, 0.717) is 41.3 Å². The smallest absolute Gasteiger partial charge is 0.326 e. The fraction of sp³-hybridized carbons (Fsp3) is 0.547. The lowest BCUT2D eigenvalue weighted by Crippen LogP contribution is -2.63. The molecule has 0 bridgehead atoms. The first-order valence-electron chi connectivity index (χ1n) is 26.2. The van der Waals surface area contributed by atoms with E-state index < -0.39 is 151 Å². The Morgan fingerprint density at radius 2 is 1.04 bits per heavy atom. The number of nitrogens with one attached hydrogen (secondary N) is 9. The van der Waals surface area contributed by atoms with Gasteiger partial charge in [-0.15, -0.1) is 0 Å². The zero-order valence-electron chi connectivity index (χ0n) is 45.3. The van der Waals surface area contributed by atoms with Crippen LogP contribution >= 0.6 is 0 Å². The van der Waals surface area contributed by atoms with Gasteiger partial charge < -0.3 is 84.5 Å². The molecule has 0 aliphatic carbocycles. The molecular weight excluding hydrogens is 1030 g/mol. The predicted octanol–water partition coefficient (Wildman–Crippen LogP) is -2.31. The Morgan fingerprint density at radius 1 is 0.557 bits per heavy atom. The monoisotopic (exact) mass is 1110 g/mol. The number of amides is 8. The Bertz CT molecular complexity index is 2540. The van der Waals surface area contributed by atoms with Gasteiger partial charge in [-0.3, -0.25) is 43.2 Å². The standard InChI is InChI=1S/C53H79N11O15/c1-7-28(4)42(62-45(70)34(55)20-21-40(68)69)50(75)59-38(24-32-25-56-35-18-12-11-17-33(32)35)48(73)63-44(30(6)67)52(77)58-37(23-31-15-9-8-10-16-31)47(72)60-39(26-65)49(74)64-43(29(5)66)51(76)57-36(19-13-14-22-54)46(71)61-41(27(2)3)53(78)79/h8-12,15-18,25,27-30,34,36-39,41-44,56,65-67H,7,13-14,19-24,26,54-55H2,1-6H3,(H,57,76)(H,58,77)(H,59,75)(H,60,72)(H,61,71)(H,62,70)(H,63,73)(H,64,74)(H,68,69)(H,78,79)/t28-,29+,30+,34-,36-,37-,38-,39-,41-,42-,43-,44-/m0/s1. The maximum atomic E-state index is 14.5. The number of H-pyrrole nitrogens is 1. The van der Waals surface area contributed by atoms with Crippen molar-refractivity contribution in [3.63, 3.8) is 0 Å². The molecule has 436 valence electrons. The number of carboxylic acids is 2. The average Bonchev–Trinajstić information content (AvgIpc) is 3.84. The molecule has 0 aliphatic heterocycles. The summed E-state index contributed by atoms with van der Waals surface area (Å²) in [5.41, 5.74) is 13.3. The molecule has 0 saturated heterocycles. The summed E-state index contributed by atoms with van der Waals surface area (Å²) < 4.78 is 0. The summed E-state index contributed by atoms with van der Waals surface area (Å²) in [6, 6.07) is 1.57. The van der Waals surface area contributed by atoms with E-state index in [1.54, 1.807) is 88.5 Å². The summed E-state index contributed by atoms with van der Waals surface area (Å²) in [5, 5.41) is 71.3. The Labute approximate surface area is 457 Å². The minimum atomic E-state index is -1.84. The van der Waals surface area contributed by atoms with E-state index in [1.807, 2.05) is 0 Å². The highest BCUT2D eigenvalue weighted by atomic mass is 16.4. The molecule has 79 heavy (non-hydrogen) atoms. The Morgan fingerprint density at radius 3 is 1.57 bits per heavy atom. The van der Waals surface area contributed by atoms with Crippen molar-refractivity contribution < 1.29 is 73.5 Å². The van der Waals surface area contributed by atoms with Crippen LogP contribution in [0.1, 0.15) is 91.2 Å². The highest BCUT2D eigenvalue weighted by Gasteiger charge is 2.38. The number of carbonyl (C=O) groups excluding carboxylic acids is 8. The number of aliphatic carboxylic acids is 2. The van der Waals surface area contributed by atoms with Crippen molar-refractivity contribution in [1.82, 2.24) is 47.5 Å². The Balaban J connectivity index is 1.92. The molecule has 26 nitrogen and oxygen atoms in total. The number of hydrogen-bond acceptors (Lipinski definition) is 15. The van der Waals surface area contributed by atoms with E-state index in [1.165, 1.54) is 6.92 Å². The summed E-state index contributed by atoms with van der Waals surface area (Å²) in [4.78, 5) is 137. The second kappa shape index (κ2) is 32.4. The van der Waals surface area contributed by atoms with Gasteiger partial charge in [0.25, 0.3) is 0 Å². The van der Waals surface area contributed by atoms with Gasteiger partial charge in [-0.25, -0.2) is 4.79 Å². The fourth-order valence-electron chi connectivity index (χ4n) is 8.26. The lowest BCUT2D eigenvalue weighted by atomic mass is 9.96. The zero-order chi connectivity index (χ0) is 59.1. The number of aliphatic hydroxyl groups excluding tert-OH is 3. The Hall–Kier alpha value is -7.52. The van der Waals surface area contributed by atoms with E-state index in [-0.39, 0.29) is 32.2 Å². The van der Waals surface area contributed by atoms with Crippen molar-refractivity contribution in [3.8, 4) is 0 Å². The third-order valence-electron chi connectivity index (χ3n) is 13.2. The molecule has 0 aliphatic rings. The molecule has 12 atom stereocenters. The van der Waals surface area contributed by atoms with Crippen LogP contribution in [-0.4, -0.2) is 169 Å². The van der Waals surface area contributed by atoms with Gasteiger partial charge in [0.1, 0.15) is 48.3 Å². The largest absolute Gasteiger partial charge is 0.481 e. The van der Waals surface area contributed by atoms with Gasteiger partial charge >= 0.3 is 11.9 Å². The first-order chi connectivity index (χ1) is 37.3. The molecule has 1 heterocycles. The first kappa shape index (κ1) is 65.8. The number of nitrogens with two attached hydrogens (primary N) is 2. The molecule has 0 spiro atoms. The first-order valence-corrected chi connectivity index (χ1v) is 26.2. The molecule has 8 amide bonds. The molecule has 0 fully saturated rings. The molecule has 3 aromatic rings. The number of hydrogen-bond donors (Lipinski definition) is 16. The van der Waals surface area contributed by atoms with Crippen molar-refractivity contribution in [3.05, 3.63) is 71.9 Å². The number of benzene rings is 2. The van der Waals surface area contributed by atoms with Crippen LogP contribution in [0.4, 0.5) is 0 Å². The van der Waals surface area contributed by atoms with Gasteiger partial charge in [-0.1, -0.05) is 82.6 Å². The number of aromatic nitrogens is 1. The maximum Gasteiger partial charge on any atom is 0.326 e. The van der Waals surface area contributed by atoms with Crippen molar-refractivity contribution in [1.29, 1.82) is 0 Å². The normalized spacial score (nSPS) is 15.9. The van der Waals surface area contributed by atoms with Crippen LogP contribution in [0, 0.1) is 11.8 Å². The van der Waals surface area contributed by atoms with Crippen LogP contribution in [0.25, 0.3) is 10.9 Å². The summed E-state index contributed by atoms with van der Waals surface area (Å²) in [7, 11) is 0. The Kier molecular flexibility index (Phi) is 27.0. The van der Waals surface area contributed by atoms with Gasteiger partial charge in [-0.2, -0.15) is 0 Å². The fourth-order valence-corrected chi connectivity index (χ4v) is 8.26. The lowest BCUT2D eigenvalue weighted by molar-refractivity contribution is -0.143. The molecule has 2 aromatic carbocycles. The van der Waals surface area contributed by atoms with E-state index in [4.69, 9.17) is 16.6 Å². The summed E-state index contributed by atoms with van der Waals surface area (Å²) in [6.07, 6.45) is -1.62. The molecular formula is C53H79N11O15. The minimum Gasteiger partial charge on any atom is -0.481 e. The number of fused-ring (bicyclic) bond motifs is 1. The highest BCUT2D eigenvalue weighted by molar-refractivity contribution is 5.99. The number of carboxylic acid groups (broad SMARTS) is 2. The van der Waals surface area contributed by atoms with Crippen LogP contribution in [0.5, 0.6) is 0 Å². The van der Waals surface area contributed by atoms with Gasteiger partial charge in [0, 0.05) is 36.4 Å².